The highest BCUT2D eigenvalue weighted by Gasteiger charge is 2.19. The summed E-state index contributed by atoms with van der Waals surface area (Å²) in [6, 6.07) is 3.16. The van der Waals surface area contributed by atoms with Crippen molar-refractivity contribution < 1.29 is 9.13 Å². The molecule has 7 heteroatoms. The van der Waals surface area contributed by atoms with Crippen LogP contribution in [0.4, 0.5) is 4.39 Å². The lowest BCUT2D eigenvalue weighted by Gasteiger charge is -2.31. The van der Waals surface area contributed by atoms with Crippen molar-refractivity contribution in [3.05, 3.63) is 28.2 Å². The van der Waals surface area contributed by atoms with Crippen LogP contribution < -0.4 is 5.01 Å². The molecule has 1 aliphatic rings. The quantitative estimate of drug-likeness (QED) is 0.782. The van der Waals surface area contributed by atoms with Gasteiger partial charge < -0.3 is 9.75 Å². The third-order valence-corrected chi connectivity index (χ3v) is 3.98. The predicted octanol–water partition coefficient (Wildman–Crippen LogP) is 2.64. The van der Waals surface area contributed by atoms with Crippen molar-refractivity contribution in [2.45, 2.75) is 5.88 Å². The Morgan fingerprint density at radius 1 is 1.37 bits per heavy atom. The lowest BCUT2D eigenvalue weighted by molar-refractivity contribution is 0.111. The average molecular weight is 349 g/mol. The molecular formula is C12H12BrClFN3O. The van der Waals surface area contributed by atoms with Gasteiger partial charge in [0.25, 0.3) is 0 Å². The van der Waals surface area contributed by atoms with Crippen LogP contribution in [0.1, 0.15) is 5.82 Å². The monoisotopic (exact) mass is 347 g/mol. The molecule has 2 aromatic rings. The first-order valence-corrected chi connectivity index (χ1v) is 7.29. The average Bonchev–Trinajstić information content (AvgIpc) is 2.78. The molecule has 0 N–H and O–H groups in total. The molecule has 0 amide bonds. The first kappa shape index (κ1) is 13.1. The van der Waals surface area contributed by atoms with E-state index in [0.29, 0.717) is 23.2 Å². The second kappa shape index (κ2) is 5.26. The fourth-order valence-electron chi connectivity index (χ4n) is 2.27. The lowest BCUT2D eigenvalue weighted by Crippen LogP contribution is -2.44. The van der Waals surface area contributed by atoms with Gasteiger partial charge in [-0.25, -0.2) is 14.1 Å². The Morgan fingerprint density at radius 2 is 2.11 bits per heavy atom. The normalized spacial score (nSPS) is 16.3. The minimum absolute atomic E-state index is 0.283. The highest BCUT2D eigenvalue weighted by molar-refractivity contribution is 9.10. The number of benzene rings is 1. The molecule has 1 aromatic heterocycles. The summed E-state index contributed by atoms with van der Waals surface area (Å²) in [6.07, 6.45) is 0. The van der Waals surface area contributed by atoms with E-state index in [4.69, 9.17) is 16.3 Å². The van der Waals surface area contributed by atoms with E-state index in [1.165, 1.54) is 6.07 Å². The van der Waals surface area contributed by atoms with Gasteiger partial charge >= 0.3 is 0 Å². The van der Waals surface area contributed by atoms with Gasteiger partial charge in [0, 0.05) is 6.07 Å². The molecular weight excluding hydrogens is 337 g/mol. The number of nitrogens with zero attached hydrogens (tertiary/aromatic N) is 3. The maximum Gasteiger partial charge on any atom is 0.143 e. The molecule has 0 radical (unpaired) electrons. The van der Waals surface area contributed by atoms with Gasteiger partial charge in [-0.1, -0.05) is 0 Å². The van der Waals surface area contributed by atoms with E-state index < -0.39 is 0 Å². The fraction of sp³-hybridized carbons (Fsp3) is 0.417. The van der Waals surface area contributed by atoms with E-state index in [2.05, 4.69) is 25.9 Å². The molecule has 1 fully saturated rings. The van der Waals surface area contributed by atoms with Gasteiger partial charge in [0.1, 0.15) is 11.6 Å². The molecule has 0 spiro atoms. The Balaban J connectivity index is 2.16. The van der Waals surface area contributed by atoms with E-state index >= 15 is 0 Å². The standard InChI is InChI=1S/C12H12BrClFN3O/c13-8-5-11-10(6-9(8)15)16-12(7-14)18(11)17-1-3-19-4-2-17/h5-6H,1-4,7H2. The number of imidazole rings is 1. The highest BCUT2D eigenvalue weighted by atomic mass is 79.9. The van der Waals surface area contributed by atoms with Crippen molar-refractivity contribution in [3.63, 3.8) is 0 Å². The van der Waals surface area contributed by atoms with Gasteiger partial charge in [-0.2, -0.15) is 0 Å². The molecule has 0 aliphatic carbocycles. The van der Waals surface area contributed by atoms with E-state index in [0.717, 1.165) is 24.4 Å². The number of rotatable bonds is 2. The van der Waals surface area contributed by atoms with E-state index in [1.54, 1.807) is 6.07 Å². The molecule has 0 bridgehead atoms. The summed E-state index contributed by atoms with van der Waals surface area (Å²) >= 11 is 9.17. The molecule has 19 heavy (non-hydrogen) atoms. The van der Waals surface area contributed by atoms with Crippen molar-refractivity contribution in [1.82, 2.24) is 9.66 Å². The fourth-order valence-corrected chi connectivity index (χ4v) is 2.77. The summed E-state index contributed by atoms with van der Waals surface area (Å²) in [6.45, 7) is 2.88. The van der Waals surface area contributed by atoms with E-state index in [-0.39, 0.29) is 11.7 Å². The van der Waals surface area contributed by atoms with Crippen LogP contribution in [0, 0.1) is 5.82 Å². The number of aromatic nitrogens is 2. The lowest BCUT2D eigenvalue weighted by atomic mass is 10.3. The smallest absolute Gasteiger partial charge is 0.143 e. The molecule has 4 nitrogen and oxygen atoms in total. The summed E-state index contributed by atoms with van der Waals surface area (Å²) in [7, 11) is 0. The summed E-state index contributed by atoms with van der Waals surface area (Å²) in [5.41, 5.74) is 1.47. The van der Waals surface area contributed by atoms with Gasteiger partial charge in [0.2, 0.25) is 0 Å². The maximum atomic E-state index is 13.6. The van der Waals surface area contributed by atoms with Gasteiger partial charge in [0.15, 0.2) is 0 Å². The Morgan fingerprint density at radius 3 is 2.79 bits per heavy atom. The van der Waals surface area contributed by atoms with Crippen molar-refractivity contribution in [1.29, 1.82) is 0 Å². The molecule has 102 valence electrons. The van der Waals surface area contributed by atoms with Crippen LogP contribution in [0.15, 0.2) is 16.6 Å². The summed E-state index contributed by atoms with van der Waals surface area (Å²) in [5, 5.41) is 2.13. The Bertz CT molecular complexity index is 613. The highest BCUT2D eigenvalue weighted by Crippen LogP contribution is 2.25. The summed E-state index contributed by atoms with van der Waals surface area (Å²) < 4.78 is 21.3. The number of alkyl halides is 1. The van der Waals surface area contributed by atoms with Gasteiger partial charge in [-0.05, 0) is 22.0 Å². The largest absolute Gasteiger partial charge is 0.378 e. The van der Waals surface area contributed by atoms with Crippen LogP contribution in [-0.2, 0) is 10.6 Å². The zero-order valence-electron chi connectivity index (χ0n) is 10.1. The van der Waals surface area contributed by atoms with E-state index in [9.17, 15) is 4.39 Å². The van der Waals surface area contributed by atoms with Crippen molar-refractivity contribution in [2.75, 3.05) is 31.3 Å². The number of morpholine rings is 1. The third-order valence-electron chi connectivity index (χ3n) is 3.13. The Kier molecular flexibility index (Phi) is 3.64. The van der Waals surface area contributed by atoms with Crippen molar-refractivity contribution in [3.8, 4) is 0 Å². The number of fused-ring (bicyclic) bond motifs is 1. The molecule has 0 unspecified atom stereocenters. The second-order valence-corrected chi connectivity index (χ2v) is 5.42. The summed E-state index contributed by atoms with van der Waals surface area (Å²) in [5.74, 6) is 0.682. The first-order chi connectivity index (χ1) is 9.20. The SMILES string of the molecule is Fc1cc2nc(CCl)n(N3CCOCC3)c2cc1Br. The zero-order chi connectivity index (χ0) is 13.4. The molecule has 3 rings (SSSR count). The number of hydrogen-bond donors (Lipinski definition) is 0. The minimum atomic E-state index is -0.319. The Hall–Kier alpha value is -0.850. The summed E-state index contributed by atoms with van der Waals surface area (Å²) in [4.78, 5) is 4.40. The molecule has 1 saturated heterocycles. The zero-order valence-corrected chi connectivity index (χ0v) is 12.4. The minimum Gasteiger partial charge on any atom is -0.378 e. The van der Waals surface area contributed by atoms with Crippen LogP contribution in [0.25, 0.3) is 11.0 Å². The van der Waals surface area contributed by atoms with Crippen LogP contribution >= 0.6 is 27.5 Å². The molecule has 0 atom stereocenters. The molecule has 1 aromatic carbocycles. The Labute approximate surface area is 123 Å². The van der Waals surface area contributed by atoms with Gasteiger partial charge in [-0.3, -0.25) is 0 Å². The first-order valence-electron chi connectivity index (χ1n) is 5.96. The number of hydrogen-bond acceptors (Lipinski definition) is 3. The van der Waals surface area contributed by atoms with Crippen LogP contribution in [0.2, 0.25) is 0 Å². The molecule has 0 saturated carbocycles. The number of ether oxygens (including phenoxy) is 1. The second-order valence-electron chi connectivity index (χ2n) is 4.29. The van der Waals surface area contributed by atoms with Crippen LogP contribution in [0.5, 0.6) is 0 Å². The van der Waals surface area contributed by atoms with E-state index in [1.807, 2.05) is 4.68 Å². The molecule has 2 heterocycles. The van der Waals surface area contributed by atoms with Crippen LogP contribution in [-0.4, -0.2) is 36.0 Å². The third kappa shape index (κ3) is 2.32. The maximum absolute atomic E-state index is 13.6. The van der Waals surface area contributed by atoms with Crippen LogP contribution in [0.3, 0.4) is 0 Å². The predicted molar refractivity (Wildman–Crippen MR) is 75.7 cm³/mol. The van der Waals surface area contributed by atoms with Gasteiger partial charge in [-0.15, -0.1) is 11.6 Å². The topological polar surface area (TPSA) is 30.3 Å². The van der Waals surface area contributed by atoms with Crippen molar-refractivity contribution in [2.24, 2.45) is 0 Å². The van der Waals surface area contributed by atoms with Crippen molar-refractivity contribution >= 4 is 38.6 Å². The number of halogens is 3. The van der Waals surface area contributed by atoms with Gasteiger partial charge in [0.05, 0.1) is 47.7 Å². The molecule has 1 aliphatic heterocycles.